The lowest BCUT2D eigenvalue weighted by molar-refractivity contribution is 0.281. The third-order valence-corrected chi connectivity index (χ3v) is 4.81. The Morgan fingerprint density at radius 1 is 1.10 bits per heavy atom. The van der Waals surface area contributed by atoms with Gasteiger partial charge >= 0.3 is 0 Å². The number of methoxy groups -OCH3 is 1. The van der Waals surface area contributed by atoms with Gasteiger partial charge in [0.15, 0.2) is 11.5 Å². The topological polar surface area (TPSA) is 18.5 Å². The molecule has 21 heavy (non-hydrogen) atoms. The van der Waals surface area contributed by atoms with Gasteiger partial charge in [0.2, 0.25) is 0 Å². The summed E-state index contributed by atoms with van der Waals surface area (Å²) in [5.74, 6) is 0.988. The lowest BCUT2D eigenvalue weighted by Gasteiger charge is -2.14. The normalized spacial score (nSPS) is 10.5. The van der Waals surface area contributed by atoms with E-state index in [1.54, 1.807) is 13.2 Å². The zero-order valence-electron chi connectivity index (χ0n) is 11.1. The Bertz CT molecular complexity index is 647. The highest BCUT2D eigenvalue weighted by molar-refractivity contribution is 9.11. The molecular formula is C15H12Br3FO2. The van der Waals surface area contributed by atoms with Gasteiger partial charge in [0.05, 0.1) is 11.6 Å². The standard InChI is InChI=1S/C15H12Br3FO2/c1-20-14-5-9(7-16)4-13(18)15(14)21-8-10-2-3-11(19)6-12(10)17/h2-6H,7-8H2,1H3. The first-order valence-corrected chi connectivity index (χ1v) is 8.75. The monoisotopic (exact) mass is 480 g/mol. The molecule has 0 N–H and O–H groups in total. The number of alkyl halides is 1. The molecule has 2 aromatic rings. The van der Waals surface area contributed by atoms with Gasteiger partial charge in [-0.05, 0) is 45.8 Å². The molecule has 6 heteroatoms. The second-order valence-corrected chi connectivity index (χ2v) is 6.54. The molecule has 0 atom stereocenters. The summed E-state index contributed by atoms with van der Waals surface area (Å²) in [5, 5.41) is 0.728. The third kappa shape index (κ3) is 4.20. The predicted octanol–water partition coefficient (Wildman–Crippen LogP) is 5.83. The minimum absolute atomic E-state index is 0.286. The van der Waals surface area contributed by atoms with Crippen LogP contribution in [0.3, 0.4) is 0 Å². The SMILES string of the molecule is COc1cc(CBr)cc(Br)c1OCc1ccc(F)cc1Br. The van der Waals surface area contributed by atoms with Gasteiger partial charge in [0.25, 0.3) is 0 Å². The van der Waals surface area contributed by atoms with Gasteiger partial charge in [-0.2, -0.15) is 0 Å². The van der Waals surface area contributed by atoms with E-state index in [4.69, 9.17) is 9.47 Å². The van der Waals surface area contributed by atoms with E-state index in [2.05, 4.69) is 47.8 Å². The molecule has 0 radical (unpaired) electrons. The molecule has 0 saturated carbocycles. The van der Waals surface area contributed by atoms with Gasteiger partial charge in [0.1, 0.15) is 12.4 Å². The number of hydrogen-bond acceptors (Lipinski definition) is 2. The zero-order chi connectivity index (χ0) is 15.4. The predicted molar refractivity (Wildman–Crippen MR) is 91.8 cm³/mol. The number of ether oxygens (including phenoxy) is 2. The second kappa shape index (κ2) is 7.61. The average Bonchev–Trinajstić information content (AvgIpc) is 2.46. The molecule has 2 rings (SSSR count). The molecular weight excluding hydrogens is 471 g/mol. The molecule has 0 fully saturated rings. The van der Waals surface area contributed by atoms with E-state index in [0.717, 1.165) is 20.9 Å². The lowest BCUT2D eigenvalue weighted by atomic mass is 10.2. The van der Waals surface area contributed by atoms with E-state index in [9.17, 15) is 4.39 Å². The van der Waals surface area contributed by atoms with E-state index in [1.165, 1.54) is 12.1 Å². The van der Waals surface area contributed by atoms with E-state index >= 15 is 0 Å². The summed E-state index contributed by atoms with van der Waals surface area (Å²) in [6, 6.07) is 8.38. The van der Waals surface area contributed by atoms with Crippen molar-refractivity contribution in [1.82, 2.24) is 0 Å². The fourth-order valence-corrected chi connectivity index (χ4v) is 3.17. The minimum atomic E-state index is -0.286. The van der Waals surface area contributed by atoms with Crippen molar-refractivity contribution >= 4 is 47.8 Å². The minimum Gasteiger partial charge on any atom is -0.493 e. The Morgan fingerprint density at radius 3 is 2.48 bits per heavy atom. The van der Waals surface area contributed by atoms with Crippen LogP contribution in [-0.4, -0.2) is 7.11 Å². The molecule has 112 valence electrons. The summed E-state index contributed by atoms with van der Waals surface area (Å²) in [6.07, 6.45) is 0. The van der Waals surface area contributed by atoms with E-state index < -0.39 is 0 Å². The number of hydrogen-bond donors (Lipinski definition) is 0. The van der Waals surface area contributed by atoms with Crippen molar-refractivity contribution in [3.63, 3.8) is 0 Å². The molecule has 0 saturated heterocycles. The highest BCUT2D eigenvalue weighted by Gasteiger charge is 2.12. The van der Waals surface area contributed by atoms with Crippen LogP contribution < -0.4 is 9.47 Å². The molecule has 0 bridgehead atoms. The molecule has 0 heterocycles. The Morgan fingerprint density at radius 2 is 1.86 bits per heavy atom. The quantitative estimate of drug-likeness (QED) is 0.499. The van der Waals surface area contributed by atoms with Gasteiger partial charge in [-0.3, -0.25) is 0 Å². The van der Waals surface area contributed by atoms with Crippen molar-refractivity contribution in [2.24, 2.45) is 0 Å². The van der Waals surface area contributed by atoms with Gasteiger partial charge in [0, 0.05) is 15.4 Å². The maximum absolute atomic E-state index is 13.1. The Labute approximate surface area is 148 Å². The van der Waals surface area contributed by atoms with Gasteiger partial charge in [-0.25, -0.2) is 4.39 Å². The van der Waals surface area contributed by atoms with Gasteiger partial charge < -0.3 is 9.47 Å². The first-order valence-electron chi connectivity index (χ1n) is 6.04. The average molecular weight is 483 g/mol. The molecule has 2 aromatic carbocycles. The fourth-order valence-electron chi connectivity index (χ4n) is 1.78. The van der Waals surface area contributed by atoms with E-state index in [1.807, 2.05) is 12.1 Å². The Hall–Kier alpha value is -0.590. The van der Waals surface area contributed by atoms with Crippen molar-refractivity contribution in [3.05, 3.63) is 56.2 Å². The van der Waals surface area contributed by atoms with Crippen LogP contribution in [0.5, 0.6) is 11.5 Å². The first kappa shape index (κ1) is 16.8. The third-order valence-electron chi connectivity index (χ3n) is 2.83. The molecule has 0 aliphatic rings. The van der Waals surface area contributed by atoms with Crippen LogP contribution in [0.25, 0.3) is 0 Å². The van der Waals surface area contributed by atoms with Crippen molar-refractivity contribution in [2.45, 2.75) is 11.9 Å². The fraction of sp³-hybridized carbons (Fsp3) is 0.200. The lowest BCUT2D eigenvalue weighted by Crippen LogP contribution is -2.00. The van der Waals surface area contributed by atoms with Crippen molar-refractivity contribution in [2.75, 3.05) is 7.11 Å². The Kier molecular flexibility index (Phi) is 6.08. The number of rotatable bonds is 5. The zero-order valence-corrected chi connectivity index (χ0v) is 15.9. The van der Waals surface area contributed by atoms with Crippen LogP contribution in [-0.2, 0) is 11.9 Å². The number of halogens is 4. The maximum Gasteiger partial charge on any atom is 0.175 e. The molecule has 0 aliphatic heterocycles. The van der Waals surface area contributed by atoms with Crippen LogP contribution in [0.15, 0.2) is 39.3 Å². The second-order valence-electron chi connectivity index (χ2n) is 4.27. The smallest absolute Gasteiger partial charge is 0.175 e. The van der Waals surface area contributed by atoms with E-state index in [0.29, 0.717) is 22.6 Å². The van der Waals surface area contributed by atoms with Crippen LogP contribution in [0.4, 0.5) is 4.39 Å². The van der Waals surface area contributed by atoms with Gasteiger partial charge in [-0.1, -0.05) is 37.9 Å². The van der Waals surface area contributed by atoms with Crippen LogP contribution in [0.1, 0.15) is 11.1 Å². The van der Waals surface area contributed by atoms with Crippen LogP contribution in [0.2, 0.25) is 0 Å². The summed E-state index contributed by atoms with van der Waals surface area (Å²) in [4.78, 5) is 0. The van der Waals surface area contributed by atoms with Crippen molar-refractivity contribution in [1.29, 1.82) is 0 Å². The maximum atomic E-state index is 13.1. The van der Waals surface area contributed by atoms with Crippen LogP contribution >= 0.6 is 47.8 Å². The molecule has 0 unspecified atom stereocenters. The summed E-state index contributed by atoms with van der Waals surface area (Å²) < 4.78 is 25.7. The molecule has 0 spiro atoms. The summed E-state index contributed by atoms with van der Waals surface area (Å²) in [6.45, 7) is 0.309. The van der Waals surface area contributed by atoms with Crippen LogP contribution in [0, 0.1) is 5.82 Å². The molecule has 0 aromatic heterocycles. The van der Waals surface area contributed by atoms with Crippen molar-refractivity contribution in [3.8, 4) is 11.5 Å². The largest absolute Gasteiger partial charge is 0.493 e. The Balaban J connectivity index is 2.23. The molecule has 0 amide bonds. The summed E-state index contributed by atoms with van der Waals surface area (Å²) in [7, 11) is 1.60. The first-order chi connectivity index (χ1) is 10.0. The molecule has 2 nitrogen and oxygen atoms in total. The highest BCUT2D eigenvalue weighted by atomic mass is 79.9. The summed E-state index contributed by atoms with van der Waals surface area (Å²) >= 11 is 10.2. The summed E-state index contributed by atoms with van der Waals surface area (Å²) in [5.41, 5.74) is 1.93. The molecule has 0 aliphatic carbocycles. The van der Waals surface area contributed by atoms with E-state index in [-0.39, 0.29) is 5.82 Å². The van der Waals surface area contributed by atoms with Gasteiger partial charge in [-0.15, -0.1) is 0 Å². The highest BCUT2D eigenvalue weighted by Crippen LogP contribution is 2.38. The van der Waals surface area contributed by atoms with Crippen molar-refractivity contribution < 1.29 is 13.9 Å². The number of benzene rings is 2.